The van der Waals surface area contributed by atoms with Crippen LogP contribution in [0.25, 0.3) is 0 Å². The number of rotatable bonds is 2. The fourth-order valence-electron chi connectivity index (χ4n) is 2.29. The zero-order valence-electron chi connectivity index (χ0n) is 10.4. The van der Waals surface area contributed by atoms with E-state index in [4.69, 9.17) is 0 Å². The van der Waals surface area contributed by atoms with Gasteiger partial charge in [-0.25, -0.2) is 8.78 Å². The molecule has 0 radical (unpaired) electrons. The van der Waals surface area contributed by atoms with Gasteiger partial charge in [0, 0.05) is 31.6 Å². The van der Waals surface area contributed by atoms with Crippen molar-refractivity contribution in [2.45, 2.75) is 30.9 Å². The van der Waals surface area contributed by atoms with Crippen LogP contribution in [0.2, 0.25) is 0 Å². The van der Waals surface area contributed by atoms with E-state index in [9.17, 15) is 27.2 Å². The van der Waals surface area contributed by atoms with E-state index >= 15 is 0 Å². The lowest BCUT2D eigenvalue weighted by molar-refractivity contribution is -0.615. The monoisotopic (exact) mass is 296 g/mol. The van der Waals surface area contributed by atoms with Crippen LogP contribution in [0.5, 0.6) is 0 Å². The molecule has 20 heavy (non-hydrogen) atoms. The molecule has 2 heterocycles. The summed E-state index contributed by atoms with van der Waals surface area (Å²) in [5, 5.41) is 14.1. The molecule has 1 atom stereocenters. The standard InChI is InChI=1S/C12H13F5N2O/c13-11(14)2-3-18-7-10(11)8-1-4-19(20)9(5-8)6-12(15,16)17/h1,4-5,10,18H,2-3,6-7H2. The van der Waals surface area contributed by atoms with Gasteiger partial charge in [-0.2, -0.15) is 17.9 Å². The minimum atomic E-state index is -4.56. The summed E-state index contributed by atoms with van der Waals surface area (Å²) in [6, 6.07) is 2.07. The normalized spacial score (nSPS) is 22.8. The molecule has 1 aliphatic rings. The third-order valence-electron chi connectivity index (χ3n) is 3.30. The van der Waals surface area contributed by atoms with Gasteiger partial charge in [0.15, 0.2) is 6.20 Å². The first-order chi connectivity index (χ1) is 9.19. The van der Waals surface area contributed by atoms with E-state index in [-0.39, 0.29) is 29.8 Å². The number of alkyl halides is 5. The number of pyridine rings is 1. The molecular formula is C12H13F5N2O. The van der Waals surface area contributed by atoms with E-state index in [2.05, 4.69) is 5.32 Å². The Balaban J connectivity index is 2.31. The van der Waals surface area contributed by atoms with Gasteiger partial charge in [-0.15, -0.1) is 0 Å². The molecule has 112 valence electrons. The summed E-state index contributed by atoms with van der Waals surface area (Å²) in [5.74, 6) is -4.21. The molecule has 0 aliphatic carbocycles. The second kappa shape index (κ2) is 5.16. The summed E-state index contributed by atoms with van der Waals surface area (Å²) in [6.45, 7) is 0.134. The SMILES string of the molecule is [O-][n+]1ccc(C2CNCCC2(F)F)cc1CC(F)(F)F. The van der Waals surface area contributed by atoms with E-state index < -0.39 is 30.1 Å². The summed E-state index contributed by atoms with van der Waals surface area (Å²) in [4.78, 5) is 0. The highest BCUT2D eigenvalue weighted by Crippen LogP contribution is 2.38. The molecular weight excluding hydrogens is 283 g/mol. The van der Waals surface area contributed by atoms with Gasteiger partial charge < -0.3 is 10.5 Å². The number of piperidine rings is 1. The zero-order chi connectivity index (χ0) is 15.0. The Morgan fingerprint density at radius 3 is 2.70 bits per heavy atom. The maximum atomic E-state index is 13.8. The smallest absolute Gasteiger partial charge is 0.398 e. The van der Waals surface area contributed by atoms with E-state index in [0.29, 0.717) is 0 Å². The van der Waals surface area contributed by atoms with Crippen molar-refractivity contribution in [3.05, 3.63) is 34.8 Å². The van der Waals surface area contributed by atoms with Crippen LogP contribution in [-0.2, 0) is 6.42 Å². The van der Waals surface area contributed by atoms with Crippen molar-refractivity contribution in [1.82, 2.24) is 5.32 Å². The first-order valence-electron chi connectivity index (χ1n) is 6.06. The molecule has 3 nitrogen and oxygen atoms in total. The van der Waals surface area contributed by atoms with Crippen LogP contribution in [0.1, 0.15) is 23.6 Å². The van der Waals surface area contributed by atoms with Gasteiger partial charge in [0.05, 0.1) is 5.92 Å². The number of aromatic nitrogens is 1. The largest absolute Gasteiger partial charge is 0.618 e. The number of hydrogen-bond donors (Lipinski definition) is 1. The Bertz CT molecular complexity index is 489. The fraction of sp³-hybridized carbons (Fsp3) is 0.583. The van der Waals surface area contributed by atoms with Crippen LogP contribution in [-0.4, -0.2) is 25.2 Å². The quantitative estimate of drug-likeness (QED) is 0.516. The minimum Gasteiger partial charge on any atom is -0.618 e. The van der Waals surface area contributed by atoms with E-state index in [1.165, 1.54) is 0 Å². The summed E-state index contributed by atoms with van der Waals surface area (Å²) in [7, 11) is 0. The molecule has 1 fully saturated rings. The molecule has 2 rings (SSSR count). The van der Waals surface area contributed by atoms with Crippen molar-refractivity contribution in [2.24, 2.45) is 0 Å². The van der Waals surface area contributed by atoms with Crippen LogP contribution in [0.4, 0.5) is 22.0 Å². The highest BCUT2D eigenvalue weighted by Gasteiger charge is 2.43. The molecule has 0 aromatic carbocycles. The Kier molecular flexibility index (Phi) is 3.86. The van der Waals surface area contributed by atoms with Crippen LogP contribution in [0.3, 0.4) is 0 Å². The molecule has 1 saturated heterocycles. The Morgan fingerprint density at radius 2 is 2.10 bits per heavy atom. The van der Waals surface area contributed by atoms with Crippen LogP contribution in [0.15, 0.2) is 18.3 Å². The first-order valence-corrected chi connectivity index (χ1v) is 6.06. The van der Waals surface area contributed by atoms with Crippen molar-refractivity contribution >= 4 is 0 Å². The lowest BCUT2D eigenvalue weighted by Crippen LogP contribution is -2.43. The van der Waals surface area contributed by atoms with Crippen molar-refractivity contribution in [3.63, 3.8) is 0 Å². The molecule has 1 aromatic rings. The lowest BCUT2D eigenvalue weighted by Gasteiger charge is -2.32. The molecule has 1 N–H and O–H groups in total. The highest BCUT2D eigenvalue weighted by atomic mass is 19.4. The maximum absolute atomic E-state index is 13.8. The van der Waals surface area contributed by atoms with Crippen molar-refractivity contribution in [3.8, 4) is 0 Å². The second-order valence-electron chi connectivity index (χ2n) is 4.84. The molecule has 8 heteroatoms. The number of hydrogen-bond acceptors (Lipinski definition) is 2. The summed E-state index contributed by atoms with van der Waals surface area (Å²) < 4.78 is 64.6. The molecule has 1 unspecified atom stereocenters. The Morgan fingerprint density at radius 1 is 1.40 bits per heavy atom. The van der Waals surface area contributed by atoms with Gasteiger partial charge in [-0.3, -0.25) is 0 Å². The minimum absolute atomic E-state index is 0.0265. The molecule has 0 saturated carbocycles. The molecule has 1 aromatic heterocycles. The van der Waals surface area contributed by atoms with Crippen LogP contribution in [0, 0.1) is 5.21 Å². The van der Waals surface area contributed by atoms with Crippen molar-refractivity contribution in [1.29, 1.82) is 0 Å². The third-order valence-corrected chi connectivity index (χ3v) is 3.30. The number of nitrogens with one attached hydrogen (secondary N) is 1. The highest BCUT2D eigenvalue weighted by molar-refractivity contribution is 5.22. The van der Waals surface area contributed by atoms with Gasteiger partial charge in [0.1, 0.15) is 6.42 Å². The lowest BCUT2D eigenvalue weighted by atomic mass is 9.88. The third kappa shape index (κ3) is 3.36. The Labute approximate surface area is 112 Å². The molecule has 0 bridgehead atoms. The zero-order valence-corrected chi connectivity index (χ0v) is 10.4. The molecule has 0 spiro atoms. The van der Waals surface area contributed by atoms with Crippen LogP contribution >= 0.6 is 0 Å². The van der Waals surface area contributed by atoms with Gasteiger partial charge in [-0.05, 0) is 5.56 Å². The van der Waals surface area contributed by atoms with Gasteiger partial charge in [0.2, 0.25) is 5.69 Å². The first kappa shape index (κ1) is 15.0. The molecule has 1 aliphatic heterocycles. The summed E-state index contributed by atoms with van der Waals surface area (Å²) >= 11 is 0. The van der Waals surface area contributed by atoms with Crippen molar-refractivity contribution in [2.75, 3.05) is 13.1 Å². The predicted octanol–water partition coefficient (Wildman–Crippen LogP) is 2.14. The van der Waals surface area contributed by atoms with E-state index in [1.807, 2.05) is 0 Å². The van der Waals surface area contributed by atoms with Gasteiger partial charge >= 0.3 is 6.18 Å². The van der Waals surface area contributed by atoms with Gasteiger partial charge in [-0.1, -0.05) is 0 Å². The number of nitrogens with zero attached hydrogens (tertiary/aromatic N) is 1. The maximum Gasteiger partial charge on any atom is 0.398 e. The molecule has 0 amide bonds. The number of halogens is 5. The van der Waals surface area contributed by atoms with E-state index in [0.717, 1.165) is 18.3 Å². The second-order valence-corrected chi connectivity index (χ2v) is 4.84. The Hall–Kier alpha value is -1.44. The van der Waals surface area contributed by atoms with Gasteiger partial charge in [0.25, 0.3) is 5.92 Å². The van der Waals surface area contributed by atoms with Crippen molar-refractivity contribution < 1.29 is 26.7 Å². The average molecular weight is 296 g/mol. The summed E-state index contributed by atoms with van der Waals surface area (Å²) in [5.41, 5.74) is -0.523. The van der Waals surface area contributed by atoms with E-state index in [1.54, 1.807) is 0 Å². The van der Waals surface area contributed by atoms with Crippen LogP contribution < -0.4 is 10.0 Å². The topological polar surface area (TPSA) is 39.0 Å². The fourth-order valence-corrected chi connectivity index (χ4v) is 2.29. The summed E-state index contributed by atoms with van der Waals surface area (Å²) in [6.07, 6.45) is -5.52. The predicted molar refractivity (Wildman–Crippen MR) is 60.3 cm³/mol. The average Bonchev–Trinajstić information content (AvgIpc) is 2.30.